The van der Waals surface area contributed by atoms with E-state index in [1.807, 2.05) is 0 Å². The molecule has 0 aliphatic rings. The lowest BCUT2D eigenvalue weighted by Crippen LogP contribution is -2.29. The first-order chi connectivity index (χ1) is 13.3. The number of nitrogens with one attached hydrogen (secondary N) is 1. The highest BCUT2D eigenvalue weighted by Gasteiger charge is 2.30. The van der Waals surface area contributed by atoms with Gasteiger partial charge in [0.25, 0.3) is 0 Å². The van der Waals surface area contributed by atoms with Gasteiger partial charge >= 0.3 is 6.36 Å². The van der Waals surface area contributed by atoms with Crippen molar-refractivity contribution in [2.24, 2.45) is 0 Å². The Morgan fingerprint density at radius 3 is 2.61 bits per heavy atom. The number of furan rings is 1. The third-order valence-corrected chi connectivity index (χ3v) is 3.54. The molecule has 0 saturated carbocycles. The van der Waals surface area contributed by atoms with Crippen molar-refractivity contribution in [3.8, 4) is 17.3 Å². The second kappa shape index (κ2) is 8.17. The van der Waals surface area contributed by atoms with Crippen molar-refractivity contribution in [2.45, 2.75) is 12.9 Å². The maximum Gasteiger partial charge on any atom is 0.573 e. The molecule has 0 atom stereocenters. The minimum Gasteiger partial charge on any atom is -0.461 e. The molecule has 3 rings (SSSR count). The van der Waals surface area contributed by atoms with Crippen molar-refractivity contribution in [1.29, 1.82) is 0 Å². The Bertz CT molecular complexity index is 905. The Labute approximate surface area is 157 Å². The fraction of sp³-hybridized carbons (Fsp3) is 0.222. The lowest BCUT2D eigenvalue weighted by Gasteiger charge is -2.15. The smallest absolute Gasteiger partial charge is 0.461 e. The zero-order chi connectivity index (χ0) is 20.1. The zero-order valence-electron chi connectivity index (χ0n) is 14.7. The van der Waals surface area contributed by atoms with Gasteiger partial charge in [-0.05, 0) is 43.4 Å². The van der Waals surface area contributed by atoms with Gasteiger partial charge in [0.1, 0.15) is 5.75 Å². The van der Waals surface area contributed by atoms with Crippen LogP contribution in [-0.4, -0.2) is 35.9 Å². The molecule has 7 nitrogen and oxygen atoms in total. The van der Waals surface area contributed by atoms with E-state index in [-0.39, 0.29) is 18.2 Å². The fourth-order valence-electron chi connectivity index (χ4n) is 2.44. The molecule has 0 aliphatic heterocycles. The van der Waals surface area contributed by atoms with Gasteiger partial charge in [0.15, 0.2) is 5.76 Å². The molecule has 0 fully saturated rings. The Kier molecular flexibility index (Phi) is 5.69. The number of benzene rings is 1. The summed E-state index contributed by atoms with van der Waals surface area (Å²) < 4.78 is 50.6. The minimum absolute atomic E-state index is 0.0454. The van der Waals surface area contributed by atoms with Gasteiger partial charge in [0.2, 0.25) is 11.7 Å². The summed E-state index contributed by atoms with van der Waals surface area (Å²) in [5, 5.41) is 6.53. The molecule has 0 saturated heterocycles. The number of ether oxygens (including phenoxy) is 1. The summed E-state index contributed by atoms with van der Waals surface area (Å²) in [6, 6.07) is 10.1. The van der Waals surface area contributed by atoms with Gasteiger partial charge < -0.3 is 19.0 Å². The Morgan fingerprint density at radius 1 is 1.21 bits per heavy atom. The van der Waals surface area contributed by atoms with Gasteiger partial charge in [0, 0.05) is 18.3 Å². The molecule has 2 aromatic heterocycles. The van der Waals surface area contributed by atoms with Crippen molar-refractivity contribution in [2.75, 3.05) is 18.9 Å². The largest absolute Gasteiger partial charge is 0.573 e. The van der Waals surface area contributed by atoms with Crippen LogP contribution < -0.4 is 10.1 Å². The monoisotopic (exact) mass is 395 g/mol. The van der Waals surface area contributed by atoms with Gasteiger partial charge in [0.05, 0.1) is 18.5 Å². The van der Waals surface area contributed by atoms with Crippen molar-refractivity contribution in [3.63, 3.8) is 0 Å². The first-order valence-corrected chi connectivity index (χ1v) is 8.12. The number of nitrogens with zero attached hydrogens (tertiary/aromatic N) is 2. The summed E-state index contributed by atoms with van der Waals surface area (Å²) in [6.07, 6.45) is -3.23. The maximum absolute atomic E-state index is 12.1. The average molecular weight is 395 g/mol. The van der Waals surface area contributed by atoms with Crippen molar-refractivity contribution in [3.05, 3.63) is 54.4 Å². The predicted molar refractivity (Wildman–Crippen MR) is 92.3 cm³/mol. The highest BCUT2D eigenvalue weighted by molar-refractivity contribution is 5.92. The van der Waals surface area contributed by atoms with E-state index in [0.717, 1.165) is 12.1 Å². The standard InChI is InChI=1S/C18H16F3N3O4/c1-24(10-13-9-16(28-23-13)15-3-2-8-26-15)11-17(25)22-12-4-6-14(7-5-12)27-18(19,20)21/h2-9H,10-11H2,1H3,(H,22,25). The van der Waals surface area contributed by atoms with E-state index in [1.165, 1.54) is 18.4 Å². The molecule has 10 heteroatoms. The van der Waals surface area contributed by atoms with E-state index >= 15 is 0 Å². The summed E-state index contributed by atoms with van der Waals surface area (Å²) in [7, 11) is 1.72. The molecular formula is C18H16F3N3O4. The Morgan fingerprint density at radius 2 is 1.96 bits per heavy atom. The van der Waals surface area contributed by atoms with Gasteiger partial charge in [-0.25, -0.2) is 0 Å². The van der Waals surface area contributed by atoms with E-state index in [4.69, 9.17) is 8.94 Å². The van der Waals surface area contributed by atoms with Gasteiger partial charge in [-0.3, -0.25) is 9.69 Å². The molecule has 0 unspecified atom stereocenters. The third-order valence-electron chi connectivity index (χ3n) is 3.54. The Balaban J connectivity index is 1.49. The molecule has 3 aromatic rings. The maximum atomic E-state index is 12.1. The number of carbonyl (C=O) groups excluding carboxylic acids is 1. The normalized spacial score (nSPS) is 11.6. The first kappa shape index (κ1) is 19.5. The number of carbonyl (C=O) groups is 1. The molecule has 0 radical (unpaired) electrons. The van der Waals surface area contributed by atoms with E-state index in [0.29, 0.717) is 29.4 Å². The minimum atomic E-state index is -4.76. The summed E-state index contributed by atoms with van der Waals surface area (Å²) in [5.41, 5.74) is 0.977. The van der Waals surface area contributed by atoms with Gasteiger partial charge in [-0.1, -0.05) is 5.16 Å². The quantitative estimate of drug-likeness (QED) is 0.654. The van der Waals surface area contributed by atoms with E-state index < -0.39 is 6.36 Å². The number of hydrogen-bond acceptors (Lipinski definition) is 6. The zero-order valence-corrected chi connectivity index (χ0v) is 14.7. The highest BCUT2D eigenvalue weighted by Crippen LogP contribution is 2.24. The molecule has 1 aromatic carbocycles. The second-order valence-electron chi connectivity index (χ2n) is 5.95. The van der Waals surface area contributed by atoms with Crippen LogP contribution in [0.25, 0.3) is 11.5 Å². The van der Waals surface area contributed by atoms with Crippen molar-refractivity contribution >= 4 is 11.6 Å². The van der Waals surface area contributed by atoms with Crippen LogP contribution >= 0.6 is 0 Å². The van der Waals surface area contributed by atoms with Gasteiger partial charge in [-0.2, -0.15) is 0 Å². The number of halogens is 3. The van der Waals surface area contributed by atoms with Crippen LogP contribution in [0.1, 0.15) is 5.69 Å². The molecule has 1 N–H and O–H groups in total. The molecule has 28 heavy (non-hydrogen) atoms. The summed E-state index contributed by atoms with van der Waals surface area (Å²) >= 11 is 0. The average Bonchev–Trinajstić information content (AvgIpc) is 3.26. The summed E-state index contributed by atoms with van der Waals surface area (Å²) in [4.78, 5) is 13.8. The summed E-state index contributed by atoms with van der Waals surface area (Å²) in [6.45, 7) is 0.403. The van der Waals surface area contributed by atoms with Crippen molar-refractivity contribution < 1.29 is 31.6 Å². The number of alkyl halides is 3. The number of hydrogen-bond donors (Lipinski definition) is 1. The van der Waals surface area contributed by atoms with Crippen LogP contribution in [0.15, 0.2) is 57.7 Å². The van der Waals surface area contributed by atoms with Crippen LogP contribution in [0, 0.1) is 0 Å². The van der Waals surface area contributed by atoms with Crippen LogP contribution in [0.4, 0.5) is 18.9 Å². The summed E-state index contributed by atoms with van der Waals surface area (Å²) in [5.74, 6) is 0.346. The predicted octanol–water partition coefficient (Wildman–Crippen LogP) is 3.90. The van der Waals surface area contributed by atoms with Gasteiger partial charge in [-0.15, -0.1) is 13.2 Å². The molecule has 1 amide bonds. The third kappa shape index (κ3) is 5.61. The molecule has 148 valence electrons. The molecule has 2 heterocycles. The van der Waals surface area contributed by atoms with E-state index in [9.17, 15) is 18.0 Å². The number of amides is 1. The van der Waals surface area contributed by atoms with Crippen LogP contribution in [-0.2, 0) is 11.3 Å². The van der Waals surface area contributed by atoms with Crippen LogP contribution in [0.2, 0.25) is 0 Å². The van der Waals surface area contributed by atoms with E-state index in [1.54, 1.807) is 30.1 Å². The number of aromatic nitrogens is 1. The topological polar surface area (TPSA) is 80.7 Å². The number of anilines is 1. The Hall–Kier alpha value is -3.27. The fourth-order valence-corrected chi connectivity index (χ4v) is 2.44. The lowest BCUT2D eigenvalue weighted by atomic mass is 10.3. The highest BCUT2D eigenvalue weighted by atomic mass is 19.4. The number of rotatable bonds is 7. The van der Waals surface area contributed by atoms with Crippen LogP contribution in [0.5, 0.6) is 5.75 Å². The molecular weight excluding hydrogens is 379 g/mol. The molecule has 0 bridgehead atoms. The molecule has 0 aliphatic carbocycles. The second-order valence-corrected chi connectivity index (χ2v) is 5.95. The number of likely N-dealkylation sites (N-methyl/N-ethyl adjacent to an activating group) is 1. The van der Waals surface area contributed by atoms with Crippen LogP contribution in [0.3, 0.4) is 0 Å². The van der Waals surface area contributed by atoms with Crippen molar-refractivity contribution in [1.82, 2.24) is 10.1 Å². The first-order valence-electron chi connectivity index (χ1n) is 8.12. The van der Waals surface area contributed by atoms with E-state index in [2.05, 4.69) is 15.2 Å². The lowest BCUT2D eigenvalue weighted by molar-refractivity contribution is -0.274. The molecule has 0 spiro atoms. The SMILES string of the molecule is CN(CC(=O)Nc1ccc(OC(F)(F)F)cc1)Cc1cc(-c2ccco2)on1.